The molecule has 1 amide bonds. The number of hydrogen-bond donors (Lipinski definition) is 0. The first-order valence-electron chi connectivity index (χ1n) is 6.27. The third kappa shape index (κ3) is 2.14. The summed E-state index contributed by atoms with van der Waals surface area (Å²) in [4.78, 5) is 17.7. The molecular weight excluding hydrogens is 246 g/mol. The molecule has 2 fully saturated rings. The number of carbonyl (C=O) groups excluding carboxylic acids is 1. The maximum absolute atomic E-state index is 12.1. The van der Waals surface area contributed by atoms with Crippen molar-refractivity contribution in [1.82, 2.24) is 14.7 Å². The van der Waals surface area contributed by atoms with Crippen molar-refractivity contribution in [3.8, 4) is 0 Å². The molecule has 0 radical (unpaired) electrons. The zero-order valence-corrected chi connectivity index (χ0v) is 12.0. The van der Waals surface area contributed by atoms with Crippen LogP contribution in [0.2, 0.25) is 0 Å². The lowest BCUT2D eigenvalue weighted by molar-refractivity contribution is -0.121. The van der Waals surface area contributed by atoms with E-state index in [4.69, 9.17) is 12.2 Å². The van der Waals surface area contributed by atoms with Gasteiger partial charge in [-0.1, -0.05) is 0 Å². The zero-order valence-electron chi connectivity index (χ0n) is 11.1. The molecule has 0 N–H and O–H groups in total. The number of rotatable bonds is 2. The van der Waals surface area contributed by atoms with Crippen LogP contribution in [-0.2, 0) is 4.79 Å². The highest BCUT2D eigenvalue weighted by atomic mass is 32.1. The molecule has 2 rings (SSSR count). The monoisotopic (exact) mass is 265 g/mol. The molecule has 2 aliphatic rings. The van der Waals surface area contributed by atoms with Crippen molar-refractivity contribution in [2.75, 3.05) is 27.2 Å². The number of allylic oxidation sites excluding steroid dienone is 3. The minimum atomic E-state index is -0.0145. The number of likely N-dealkylation sites (tertiary alicyclic amines) is 1. The van der Waals surface area contributed by atoms with Crippen LogP contribution in [0.4, 0.5) is 0 Å². The minimum absolute atomic E-state index is 0.0145. The molecule has 0 spiro atoms. The van der Waals surface area contributed by atoms with Crippen LogP contribution < -0.4 is 0 Å². The number of likely N-dealkylation sites (N-methyl/N-ethyl adjacent to an activating group) is 2. The molecule has 2 saturated heterocycles. The number of thiocarbonyl (C=S) groups is 1. The van der Waals surface area contributed by atoms with Crippen molar-refractivity contribution >= 4 is 23.2 Å². The first kappa shape index (κ1) is 13.1. The third-order valence-electron chi connectivity index (χ3n) is 3.50. The first-order valence-corrected chi connectivity index (χ1v) is 6.68. The van der Waals surface area contributed by atoms with Crippen molar-refractivity contribution < 1.29 is 4.79 Å². The van der Waals surface area contributed by atoms with Gasteiger partial charge in [0.05, 0.1) is 0 Å². The highest BCUT2D eigenvalue weighted by Crippen LogP contribution is 2.22. The molecule has 0 unspecified atom stereocenters. The van der Waals surface area contributed by atoms with Crippen LogP contribution in [0, 0.1) is 0 Å². The van der Waals surface area contributed by atoms with Crippen LogP contribution in [0.5, 0.6) is 0 Å². The Bertz CT molecular complexity index is 442. The lowest BCUT2D eigenvalue weighted by Crippen LogP contribution is -2.29. The van der Waals surface area contributed by atoms with Crippen LogP contribution >= 0.6 is 12.2 Å². The van der Waals surface area contributed by atoms with E-state index >= 15 is 0 Å². The van der Waals surface area contributed by atoms with Gasteiger partial charge in [0.15, 0.2) is 5.11 Å². The average Bonchev–Trinajstić information content (AvgIpc) is 2.85. The van der Waals surface area contributed by atoms with E-state index < -0.39 is 0 Å². The second-order valence-electron chi connectivity index (χ2n) is 4.63. The molecule has 98 valence electrons. The zero-order chi connectivity index (χ0) is 13.3. The van der Waals surface area contributed by atoms with E-state index in [1.165, 1.54) is 17.0 Å². The molecule has 2 aliphatic heterocycles. The molecule has 0 aliphatic carbocycles. The highest BCUT2D eigenvalue weighted by Gasteiger charge is 2.33. The number of hydrogen-bond acceptors (Lipinski definition) is 3. The van der Waals surface area contributed by atoms with Gasteiger partial charge in [-0.2, -0.15) is 0 Å². The minimum Gasteiger partial charge on any atom is -0.378 e. The Labute approximate surface area is 114 Å². The largest absolute Gasteiger partial charge is 0.378 e. The summed E-state index contributed by atoms with van der Waals surface area (Å²) >= 11 is 5.25. The smallest absolute Gasteiger partial charge is 0.276 e. The number of nitrogens with zero attached hydrogens (tertiary/aromatic N) is 3. The van der Waals surface area contributed by atoms with Gasteiger partial charge in [0.1, 0.15) is 5.70 Å². The van der Waals surface area contributed by atoms with E-state index in [1.807, 2.05) is 24.0 Å². The Hall–Kier alpha value is -1.36. The van der Waals surface area contributed by atoms with Gasteiger partial charge in [-0.25, -0.2) is 0 Å². The van der Waals surface area contributed by atoms with Gasteiger partial charge >= 0.3 is 0 Å². The van der Waals surface area contributed by atoms with Crippen molar-refractivity contribution in [2.24, 2.45) is 0 Å². The molecule has 4 nitrogen and oxygen atoms in total. The molecule has 2 heterocycles. The summed E-state index contributed by atoms with van der Waals surface area (Å²) in [7, 11) is 3.81. The predicted molar refractivity (Wildman–Crippen MR) is 75.8 cm³/mol. The summed E-state index contributed by atoms with van der Waals surface area (Å²) in [5, 5.41) is 0.590. The lowest BCUT2D eigenvalue weighted by Gasteiger charge is -2.15. The summed E-state index contributed by atoms with van der Waals surface area (Å²) in [6, 6.07) is 0. The molecule has 0 atom stereocenters. The molecule has 0 aromatic heterocycles. The van der Waals surface area contributed by atoms with Crippen LogP contribution in [0.1, 0.15) is 19.8 Å². The Morgan fingerprint density at radius 2 is 2.06 bits per heavy atom. The normalized spacial score (nSPS) is 25.2. The van der Waals surface area contributed by atoms with E-state index in [2.05, 4.69) is 11.9 Å². The molecule has 0 saturated carbocycles. The second kappa shape index (κ2) is 5.10. The van der Waals surface area contributed by atoms with Crippen LogP contribution in [0.25, 0.3) is 0 Å². The van der Waals surface area contributed by atoms with Gasteiger partial charge in [-0.05, 0) is 44.1 Å². The molecule has 18 heavy (non-hydrogen) atoms. The second-order valence-corrected chi connectivity index (χ2v) is 4.99. The van der Waals surface area contributed by atoms with Crippen LogP contribution in [0.3, 0.4) is 0 Å². The first-order chi connectivity index (χ1) is 8.56. The van der Waals surface area contributed by atoms with Gasteiger partial charge in [-0.15, -0.1) is 0 Å². The fraction of sp³-hybridized carbons (Fsp3) is 0.538. The third-order valence-corrected chi connectivity index (χ3v) is 3.99. The van der Waals surface area contributed by atoms with Gasteiger partial charge in [0.25, 0.3) is 5.91 Å². The predicted octanol–water partition coefficient (Wildman–Crippen LogP) is 1.56. The summed E-state index contributed by atoms with van der Waals surface area (Å²) in [6.45, 7) is 3.82. The van der Waals surface area contributed by atoms with Crippen LogP contribution in [0.15, 0.2) is 23.5 Å². The number of carbonyl (C=O) groups is 1. The Kier molecular flexibility index (Phi) is 3.71. The highest BCUT2D eigenvalue weighted by molar-refractivity contribution is 7.80. The average molecular weight is 265 g/mol. The molecular formula is C13H19N3OS. The Morgan fingerprint density at radius 1 is 1.33 bits per heavy atom. The Morgan fingerprint density at radius 3 is 2.61 bits per heavy atom. The SMILES string of the molecule is CCN1C(=S)N(C)C(=O)/C1=C/C=C1/CCCN1C. The maximum Gasteiger partial charge on any atom is 0.276 e. The van der Waals surface area contributed by atoms with E-state index in [1.54, 1.807) is 7.05 Å². The number of amides is 1. The van der Waals surface area contributed by atoms with Crippen molar-refractivity contribution in [2.45, 2.75) is 19.8 Å². The van der Waals surface area contributed by atoms with E-state index in [-0.39, 0.29) is 5.91 Å². The summed E-state index contributed by atoms with van der Waals surface area (Å²) in [5.74, 6) is -0.0145. The van der Waals surface area contributed by atoms with Crippen molar-refractivity contribution in [3.05, 3.63) is 23.5 Å². The van der Waals surface area contributed by atoms with Gasteiger partial charge in [0.2, 0.25) is 0 Å². The summed E-state index contributed by atoms with van der Waals surface area (Å²) < 4.78 is 0. The van der Waals surface area contributed by atoms with Crippen molar-refractivity contribution in [1.29, 1.82) is 0 Å². The van der Waals surface area contributed by atoms with Crippen molar-refractivity contribution in [3.63, 3.8) is 0 Å². The molecule has 0 bridgehead atoms. The fourth-order valence-corrected chi connectivity index (χ4v) is 2.65. The van der Waals surface area contributed by atoms with Crippen LogP contribution in [-0.4, -0.2) is 52.9 Å². The maximum atomic E-state index is 12.1. The van der Waals surface area contributed by atoms with E-state index in [9.17, 15) is 4.79 Å². The lowest BCUT2D eigenvalue weighted by atomic mass is 10.2. The quantitative estimate of drug-likeness (QED) is 0.559. The standard InChI is InChI=1S/C13H19N3OS/c1-4-16-11(12(17)15(3)13(16)18)8-7-10-6-5-9-14(10)2/h7-8H,4-6,9H2,1-3H3/b10-7-,11-8-. The summed E-state index contributed by atoms with van der Waals surface area (Å²) in [6.07, 6.45) is 6.22. The van der Waals surface area contributed by atoms with E-state index in [0.29, 0.717) is 10.8 Å². The summed E-state index contributed by atoms with van der Waals surface area (Å²) in [5.41, 5.74) is 1.96. The molecule has 5 heteroatoms. The van der Waals surface area contributed by atoms with Gasteiger partial charge < -0.3 is 9.80 Å². The molecule has 0 aromatic carbocycles. The van der Waals surface area contributed by atoms with Gasteiger partial charge in [-0.3, -0.25) is 9.69 Å². The van der Waals surface area contributed by atoms with Gasteiger partial charge in [0, 0.05) is 32.9 Å². The molecule has 0 aromatic rings. The van der Waals surface area contributed by atoms with E-state index in [0.717, 1.165) is 19.5 Å². The fourth-order valence-electron chi connectivity index (χ4n) is 2.34. The topological polar surface area (TPSA) is 26.8 Å². The Balaban J connectivity index is 2.26.